The number of rotatable bonds is 4. The third-order valence-corrected chi connectivity index (χ3v) is 6.83. The molecular weight excluding hydrogens is 410 g/mol. The first-order chi connectivity index (χ1) is 14.9. The summed E-state index contributed by atoms with van der Waals surface area (Å²) in [4.78, 5) is 18.2. The van der Waals surface area contributed by atoms with Crippen LogP contribution in [0.3, 0.4) is 0 Å². The SMILES string of the molecule is CN1C(=O)Cc2cc(S(=O)(=O)Nc3cccc(-c4ccc5ccccc5n4)c3)ccc21. The van der Waals surface area contributed by atoms with E-state index in [0.717, 1.165) is 27.8 Å². The quantitative estimate of drug-likeness (QED) is 0.527. The highest BCUT2D eigenvalue weighted by molar-refractivity contribution is 7.92. The van der Waals surface area contributed by atoms with Crippen molar-refractivity contribution in [3.8, 4) is 11.3 Å². The van der Waals surface area contributed by atoms with E-state index < -0.39 is 10.0 Å². The van der Waals surface area contributed by atoms with Gasteiger partial charge in [0.2, 0.25) is 5.91 Å². The topological polar surface area (TPSA) is 79.4 Å². The van der Waals surface area contributed by atoms with Crippen LogP contribution < -0.4 is 9.62 Å². The van der Waals surface area contributed by atoms with Crippen molar-refractivity contribution in [3.63, 3.8) is 0 Å². The molecule has 5 rings (SSSR count). The lowest BCUT2D eigenvalue weighted by Crippen LogP contribution is -2.20. The second kappa shape index (κ2) is 7.21. The molecule has 4 aromatic rings. The van der Waals surface area contributed by atoms with Crippen molar-refractivity contribution in [2.24, 2.45) is 0 Å². The number of para-hydroxylation sites is 1. The molecule has 0 radical (unpaired) electrons. The van der Waals surface area contributed by atoms with Crippen molar-refractivity contribution in [1.29, 1.82) is 0 Å². The van der Waals surface area contributed by atoms with E-state index in [0.29, 0.717) is 11.3 Å². The highest BCUT2D eigenvalue weighted by atomic mass is 32.2. The van der Waals surface area contributed by atoms with Crippen LogP contribution in [0.1, 0.15) is 5.56 Å². The van der Waals surface area contributed by atoms with Crippen LogP contribution in [0.4, 0.5) is 11.4 Å². The Morgan fingerprint density at radius 2 is 1.77 bits per heavy atom. The molecule has 1 N–H and O–H groups in total. The number of fused-ring (bicyclic) bond motifs is 2. The van der Waals surface area contributed by atoms with Crippen LogP contribution in [-0.4, -0.2) is 26.4 Å². The van der Waals surface area contributed by atoms with Crippen molar-refractivity contribution >= 4 is 38.2 Å². The van der Waals surface area contributed by atoms with Crippen LogP contribution in [0.5, 0.6) is 0 Å². The van der Waals surface area contributed by atoms with Crippen molar-refractivity contribution in [1.82, 2.24) is 4.98 Å². The standard InChI is InChI=1S/C24H19N3O3S/c1-27-23-12-10-20(14-18(23)15-24(27)28)31(29,30)26-19-7-4-6-17(13-19)22-11-9-16-5-2-3-8-21(16)25-22/h2-14,26H,15H2,1H3. The lowest BCUT2D eigenvalue weighted by Gasteiger charge is -2.12. The molecule has 31 heavy (non-hydrogen) atoms. The van der Waals surface area contributed by atoms with Crippen LogP contribution >= 0.6 is 0 Å². The largest absolute Gasteiger partial charge is 0.315 e. The molecule has 0 unspecified atom stereocenters. The van der Waals surface area contributed by atoms with Gasteiger partial charge in [-0.2, -0.15) is 0 Å². The molecule has 154 valence electrons. The summed E-state index contributed by atoms with van der Waals surface area (Å²) in [6.07, 6.45) is 0.207. The molecule has 1 amide bonds. The van der Waals surface area contributed by atoms with Crippen molar-refractivity contribution in [2.75, 3.05) is 16.7 Å². The molecule has 7 heteroatoms. The Morgan fingerprint density at radius 1 is 0.935 bits per heavy atom. The lowest BCUT2D eigenvalue weighted by atomic mass is 10.1. The molecule has 1 aliphatic heterocycles. The molecule has 0 saturated carbocycles. The fourth-order valence-corrected chi connectivity index (χ4v) is 4.90. The number of nitrogens with one attached hydrogen (secondary N) is 1. The zero-order valence-electron chi connectivity index (χ0n) is 16.7. The second-order valence-corrected chi connectivity index (χ2v) is 9.18. The minimum absolute atomic E-state index is 0.0481. The number of aromatic nitrogens is 1. The Balaban J connectivity index is 1.45. The summed E-state index contributed by atoms with van der Waals surface area (Å²) in [6, 6.07) is 23.7. The number of pyridine rings is 1. The van der Waals surface area contributed by atoms with E-state index in [1.165, 1.54) is 6.07 Å². The molecule has 6 nitrogen and oxygen atoms in total. The number of likely N-dealkylation sites (N-methyl/N-ethyl adjacent to an activating group) is 1. The number of anilines is 2. The molecule has 0 saturated heterocycles. The number of sulfonamides is 1. The van der Waals surface area contributed by atoms with Gasteiger partial charge in [-0.05, 0) is 48.0 Å². The Labute approximate surface area is 180 Å². The average Bonchev–Trinajstić information content (AvgIpc) is 3.06. The van der Waals surface area contributed by atoms with Crippen molar-refractivity contribution in [2.45, 2.75) is 11.3 Å². The Kier molecular flexibility index (Phi) is 4.48. The molecule has 0 bridgehead atoms. The maximum absolute atomic E-state index is 13.0. The van der Waals surface area contributed by atoms with Gasteiger partial charge in [0.05, 0.1) is 22.5 Å². The molecule has 1 aromatic heterocycles. The molecule has 1 aliphatic rings. The zero-order valence-corrected chi connectivity index (χ0v) is 17.6. The Bertz CT molecular complexity index is 1450. The van der Waals surface area contributed by atoms with Gasteiger partial charge < -0.3 is 4.90 Å². The van der Waals surface area contributed by atoms with Gasteiger partial charge >= 0.3 is 0 Å². The minimum atomic E-state index is -3.80. The number of carbonyl (C=O) groups is 1. The van der Waals surface area contributed by atoms with E-state index in [9.17, 15) is 13.2 Å². The Hall–Kier alpha value is -3.71. The van der Waals surface area contributed by atoms with E-state index >= 15 is 0 Å². The highest BCUT2D eigenvalue weighted by Gasteiger charge is 2.26. The maximum atomic E-state index is 13.0. The number of amides is 1. The van der Waals surface area contributed by atoms with E-state index in [1.807, 2.05) is 42.5 Å². The highest BCUT2D eigenvalue weighted by Crippen LogP contribution is 2.31. The normalized spacial score (nSPS) is 13.5. The fourth-order valence-electron chi connectivity index (χ4n) is 3.80. The predicted molar refractivity (Wildman–Crippen MR) is 122 cm³/mol. The van der Waals surface area contributed by atoms with E-state index in [2.05, 4.69) is 9.71 Å². The monoisotopic (exact) mass is 429 g/mol. The average molecular weight is 430 g/mol. The summed E-state index contributed by atoms with van der Waals surface area (Å²) < 4.78 is 28.6. The van der Waals surface area contributed by atoms with Gasteiger partial charge in [0.25, 0.3) is 10.0 Å². The third-order valence-electron chi connectivity index (χ3n) is 5.45. The first-order valence-electron chi connectivity index (χ1n) is 9.79. The summed E-state index contributed by atoms with van der Waals surface area (Å²) in [5.74, 6) is -0.0481. The van der Waals surface area contributed by atoms with Crippen LogP contribution in [0.2, 0.25) is 0 Å². The zero-order chi connectivity index (χ0) is 21.6. The van der Waals surface area contributed by atoms with Crippen molar-refractivity contribution < 1.29 is 13.2 Å². The summed E-state index contributed by atoms with van der Waals surface area (Å²) in [5.41, 5.74) is 4.36. The first kappa shape index (κ1) is 19.3. The molecule has 3 aromatic carbocycles. The van der Waals surface area contributed by atoms with Crippen LogP contribution in [0.15, 0.2) is 83.8 Å². The number of carbonyl (C=O) groups excluding carboxylic acids is 1. The molecule has 0 atom stereocenters. The third kappa shape index (κ3) is 3.53. The van der Waals surface area contributed by atoms with Gasteiger partial charge in [-0.25, -0.2) is 13.4 Å². The van der Waals surface area contributed by atoms with Crippen LogP contribution in [-0.2, 0) is 21.2 Å². The van der Waals surface area contributed by atoms with Gasteiger partial charge in [0.15, 0.2) is 0 Å². The van der Waals surface area contributed by atoms with Crippen LogP contribution in [0, 0.1) is 0 Å². The molecule has 0 fully saturated rings. The van der Waals surface area contributed by atoms with Gasteiger partial charge in [-0.15, -0.1) is 0 Å². The summed E-state index contributed by atoms with van der Waals surface area (Å²) in [6.45, 7) is 0. The van der Waals surface area contributed by atoms with E-state index in [1.54, 1.807) is 42.3 Å². The molecular formula is C24H19N3O3S. The van der Waals surface area contributed by atoms with Crippen LogP contribution in [0.25, 0.3) is 22.2 Å². The Morgan fingerprint density at radius 3 is 2.65 bits per heavy atom. The lowest BCUT2D eigenvalue weighted by molar-refractivity contribution is -0.117. The van der Waals surface area contributed by atoms with Gasteiger partial charge in [0, 0.05) is 29.4 Å². The fraction of sp³-hybridized carbons (Fsp3) is 0.0833. The van der Waals surface area contributed by atoms with Gasteiger partial charge in [-0.1, -0.05) is 36.4 Å². The van der Waals surface area contributed by atoms with Crippen molar-refractivity contribution in [3.05, 3.63) is 84.4 Å². The molecule has 0 aliphatic carbocycles. The number of benzene rings is 3. The maximum Gasteiger partial charge on any atom is 0.261 e. The van der Waals surface area contributed by atoms with E-state index in [-0.39, 0.29) is 17.2 Å². The molecule has 2 heterocycles. The van der Waals surface area contributed by atoms with Gasteiger partial charge in [0.1, 0.15) is 0 Å². The van der Waals surface area contributed by atoms with Gasteiger partial charge in [-0.3, -0.25) is 9.52 Å². The predicted octanol–water partition coefficient (Wildman–Crippen LogP) is 4.22. The second-order valence-electron chi connectivity index (χ2n) is 7.50. The smallest absolute Gasteiger partial charge is 0.261 e. The summed E-state index contributed by atoms with van der Waals surface area (Å²) >= 11 is 0. The molecule has 0 spiro atoms. The number of nitrogens with zero attached hydrogens (tertiary/aromatic N) is 2. The summed E-state index contributed by atoms with van der Waals surface area (Å²) in [7, 11) is -2.12. The number of hydrogen-bond donors (Lipinski definition) is 1. The number of hydrogen-bond acceptors (Lipinski definition) is 4. The summed E-state index contributed by atoms with van der Waals surface area (Å²) in [5, 5.41) is 1.05. The first-order valence-corrected chi connectivity index (χ1v) is 11.3. The minimum Gasteiger partial charge on any atom is -0.315 e. The van der Waals surface area contributed by atoms with E-state index in [4.69, 9.17) is 0 Å².